The topological polar surface area (TPSA) is 154 Å². The van der Waals surface area contributed by atoms with Crippen molar-refractivity contribution in [1.29, 1.82) is 0 Å². The number of epoxide rings is 2. The van der Waals surface area contributed by atoms with Crippen molar-refractivity contribution in [3.8, 4) is 5.75 Å². The van der Waals surface area contributed by atoms with Crippen LogP contribution in [0.25, 0.3) is 10.2 Å². The van der Waals surface area contributed by atoms with Crippen molar-refractivity contribution >= 4 is 36.7 Å². The lowest BCUT2D eigenvalue weighted by molar-refractivity contribution is -0.0994. The highest BCUT2D eigenvalue weighted by molar-refractivity contribution is 7.88. The number of benzene rings is 2. The number of nitrogens with zero attached hydrogens (tertiary/aromatic N) is 5. The lowest BCUT2D eigenvalue weighted by Crippen LogP contribution is -2.55. The highest BCUT2D eigenvalue weighted by Gasteiger charge is 2.61. The molecule has 6 unspecified atom stereocenters. The van der Waals surface area contributed by atoms with Crippen molar-refractivity contribution < 1.29 is 27.4 Å². The Bertz CT molecular complexity index is 1910. The van der Waals surface area contributed by atoms with Crippen molar-refractivity contribution in [2.75, 3.05) is 46.3 Å². The van der Waals surface area contributed by atoms with Crippen LogP contribution < -0.4 is 20.5 Å². The molecule has 14 nitrogen and oxygen atoms in total. The third-order valence-electron chi connectivity index (χ3n) is 10.5. The number of para-hydroxylation sites is 1. The van der Waals surface area contributed by atoms with Crippen LogP contribution in [0.2, 0.25) is 0 Å². The summed E-state index contributed by atoms with van der Waals surface area (Å²) in [7, 11) is 2.21. The number of sulfonamides is 1. The number of allylic oxidation sites excluding steroid dienone is 3. The SMILES string of the molecule is COc1ccc(CNC2OC2N(C)N2CC(OC)N3[C@@H](CC4C=CC(NS(C)(=O)=O)=CC4)C4OC4N(Cc4cccc5sc(N)nc45)C[C@@H]32)cc1. The third-order valence-corrected chi connectivity index (χ3v) is 12.0. The summed E-state index contributed by atoms with van der Waals surface area (Å²) < 4.78 is 51.6. The number of aromatic nitrogens is 1. The molecule has 0 saturated carbocycles. The number of hydrogen-bond acceptors (Lipinski definition) is 14. The van der Waals surface area contributed by atoms with E-state index >= 15 is 0 Å². The van der Waals surface area contributed by atoms with E-state index in [1.807, 2.05) is 24.3 Å². The first-order chi connectivity index (χ1) is 24.6. The Hall–Kier alpha value is -3.16. The van der Waals surface area contributed by atoms with Crippen LogP contribution in [-0.2, 0) is 37.3 Å². The standard InChI is InChI=1S/C35H46N8O6S2/c1-40(34-32(49-34)37-17-22-10-14-25(46-2)15-11-22)42-20-29(47-3)43-26(16-21-8-12-24(13-9-21)39-51(4,44)45)31-33(48-31)41(19-28(42)43)18-23-6-5-7-27-30(23)38-35(36)50-27/h5-8,10-15,21,26,28-29,31-34,37,39H,9,16-20H2,1-4H3,(H2,36,38)/t21?,26-,28+,29?,31?,32?,33?,34?/m0/s1. The second kappa shape index (κ2) is 14.0. The summed E-state index contributed by atoms with van der Waals surface area (Å²) in [6, 6.07) is 14.4. The molecule has 274 valence electrons. The first-order valence-electron chi connectivity index (χ1n) is 17.3. The van der Waals surface area contributed by atoms with E-state index in [1.165, 1.54) is 17.6 Å². The van der Waals surface area contributed by atoms with Gasteiger partial charge in [0.2, 0.25) is 10.0 Å². The number of anilines is 1. The van der Waals surface area contributed by atoms with Gasteiger partial charge in [0.05, 0.1) is 36.3 Å². The Morgan fingerprint density at radius 1 is 1.14 bits per heavy atom. The second-order valence-corrected chi connectivity index (χ2v) is 16.7. The monoisotopic (exact) mass is 738 g/mol. The molecular formula is C35H46N8O6S2. The molecule has 51 heavy (non-hydrogen) atoms. The number of thiazole rings is 1. The molecule has 0 spiro atoms. The zero-order valence-corrected chi connectivity index (χ0v) is 30.8. The third kappa shape index (κ3) is 7.40. The van der Waals surface area contributed by atoms with Crippen molar-refractivity contribution in [1.82, 2.24) is 34.8 Å². The van der Waals surface area contributed by atoms with Crippen molar-refractivity contribution in [2.45, 2.75) is 69.2 Å². The van der Waals surface area contributed by atoms with Crippen LogP contribution in [0.15, 0.2) is 66.4 Å². The van der Waals surface area contributed by atoms with Gasteiger partial charge in [0.1, 0.15) is 24.3 Å². The number of rotatable bonds is 13. The smallest absolute Gasteiger partial charge is 0.229 e. The molecule has 3 aromatic rings. The van der Waals surface area contributed by atoms with Gasteiger partial charge in [-0.2, -0.15) is 0 Å². The highest BCUT2D eigenvalue weighted by atomic mass is 32.2. The molecule has 5 heterocycles. The predicted octanol–water partition coefficient (Wildman–Crippen LogP) is 2.43. The zero-order valence-electron chi connectivity index (χ0n) is 29.2. The van der Waals surface area contributed by atoms with Gasteiger partial charge in [-0.05, 0) is 54.2 Å². The van der Waals surface area contributed by atoms with Crippen LogP contribution in [0.3, 0.4) is 0 Å². The number of nitrogens with two attached hydrogens (primary N) is 1. The molecule has 8 rings (SSSR count). The Kier molecular flexibility index (Phi) is 9.58. The molecule has 4 N–H and O–H groups in total. The zero-order chi connectivity index (χ0) is 35.4. The van der Waals surface area contributed by atoms with Crippen LogP contribution in [0, 0.1) is 5.92 Å². The normalized spacial score (nSPS) is 31.0. The number of hydrazine groups is 1. The number of ether oxygens (including phenoxy) is 4. The summed E-state index contributed by atoms with van der Waals surface area (Å²) in [4.78, 5) is 9.62. The largest absolute Gasteiger partial charge is 0.497 e. The fourth-order valence-electron chi connectivity index (χ4n) is 7.92. The number of likely N-dealkylation sites (N-methyl/N-ethyl adjacent to an activating group) is 1. The van der Waals surface area contributed by atoms with Gasteiger partial charge < -0.3 is 24.7 Å². The number of nitrogens with one attached hydrogen (secondary N) is 2. The van der Waals surface area contributed by atoms with Crippen LogP contribution in [0.4, 0.5) is 5.13 Å². The molecular weight excluding hydrogens is 693 g/mol. The van der Waals surface area contributed by atoms with Crippen molar-refractivity contribution in [3.63, 3.8) is 0 Å². The van der Waals surface area contributed by atoms with E-state index < -0.39 is 10.0 Å². The molecule has 1 aliphatic carbocycles. The molecule has 4 aliphatic heterocycles. The van der Waals surface area contributed by atoms with Crippen molar-refractivity contribution in [3.05, 3.63) is 77.5 Å². The molecule has 0 radical (unpaired) electrons. The first kappa shape index (κ1) is 34.9. The van der Waals surface area contributed by atoms with Crippen molar-refractivity contribution in [2.24, 2.45) is 5.92 Å². The van der Waals surface area contributed by atoms with E-state index in [9.17, 15) is 8.42 Å². The van der Waals surface area contributed by atoms with Gasteiger partial charge in [-0.1, -0.05) is 47.8 Å². The minimum absolute atomic E-state index is 0.0124. The highest BCUT2D eigenvalue weighted by Crippen LogP contribution is 2.45. The Morgan fingerprint density at radius 2 is 1.96 bits per heavy atom. The van der Waals surface area contributed by atoms with E-state index in [1.54, 1.807) is 14.2 Å². The van der Waals surface area contributed by atoms with E-state index in [2.05, 4.69) is 78.3 Å². The lowest BCUT2D eigenvalue weighted by atomic mass is 9.90. The second-order valence-electron chi connectivity index (χ2n) is 13.9. The molecule has 0 bridgehead atoms. The Morgan fingerprint density at radius 3 is 2.69 bits per heavy atom. The molecule has 5 aliphatic rings. The van der Waals surface area contributed by atoms with E-state index in [0.29, 0.717) is 30.5 Å². The van der Waals surface area contributed by atoms with E-state index in [4.69, 9.17) is 24.7 Å². The number of nitrogen functional groups attached to an aromatic ring is 1. The van der Waals surface area contributed by atoms with Gasteiger partial charge >= 0.3 is 0 Å². The minimum Gasteiger partial charge on any atom is -0.497 e. The van der Waals surface area contributed by atoms with Gasteiger partial charge in [-0.25, -0.2) is 23.4 Å². The van der Waals surface area contributed by atoms with Gasteiger partial charge in [-0.15, -0.1) is 0 Å². The van der Waals surface area contributed by atoms with Crippen LogP contribution in [0.1, 0.15) is 24.0 Å². The van der Waals surface area contributed by atoms with Crippen LogP contribution >= 0.6 is 11.3 Å². The summed E-state index contributed by atoms with van der Waals surface area (Å²) in [5.41, 5.74) is 9.97. The first-order valence-corrected chi connectivity index (χ1v) is 20.0. The van der Waals surface area contributed by atoms with Gasteiger partial charge in [0.25, 0.3) is 0 Å². The minimum atomic E-state index is -3.34. The summed E-state index contributed by atoms with van der Waals surface area (Å²) >= 11 is 1.51. The molecule has 0 amide bonds. The molecule has 2 aromatic carbocycles. The average Bonchev–Trinajstić information content (AvgIpc) is 4.01. The maximum atomic E-state index is 11.8. The fourth-order valence-corrected chi connectivity index (χ4v) is 9.28. The molecule has 16 heteroatoms. The quantitative estimate of drug-likeness (QED) is 0.220. The van der Waals surface area contributed by atoms with Gasteiger partial charge in [0.15, 0.2) is 17.6 Å². The molecule has 1 aromatic heterocycles. The predicted molar refractivity (Wildman–Crippen MR) is 194 cm³/mol. The summed E-state index contributed by atoms with van der Waals surface area (Å²) in [6.45, 7) is 2.75. The van der Waals surface area contributed by atoms with Gasteiger partial charge in [-0.3, -0.25) is 19.8 Å². The van der Waals surface area contributed by atoms with E-state index in [-0.39, 0.29) is 49.1 Å². The average molecular weight is 739 g/mol. The Labute approximate surface area is 302 Å². The molecule has 4 fully saturated rings. The number of fused-ring (bicyclic) bond motifs is 3. The number of hydrogen-bond donors (Lipinski definition) is 3. The summed E-state index contributed by atoms with van der Waals surface area (Å²) in [5, 5.41) is 8.74. The maximum Gasteiger partial charge on any atom is 0.229 e. The van der Waals surface area contributed by atoms with Crippen LogP contribution in [-0.4, -0.2) is 117 Å². The lowest BCUT2D eigenvalue weighted by Gasteiger charge is -2.39. The van der Waals surface area contributed by atoms with Gasteiger partial charge in [0, 0.05) is 45.5 Å². The fraction of sp³-hybridized carbons (Fsp3) is 0.514. The van der Waals surface area contributed by atoms with E-state index in [0.717, 1.165) is 46.5 Å². The Balaban J connectivity index is 1.03. The number of methoxy groups -OCH3 is 2. The molecule has 8 atom stereocenters. The maximum absolute atomic E-state index is 11.8. The summed E-state index contributed by atoms with van der Waals surface area (Å²) in [5.74, 6) is 1.05. The summed E-state index contributed by atoms with van der Waals surface area (Å²) in [6.07, 6.45) is 8.23. The van der Waals surface area contributed by atoms with Crippen LogP contribution in [0.5, 0.6) is 5.75 Å². The molecule has 4 saturated heterocycles.